The molecule has 9 heteroatoms. The highest BCUT2D eigenvalue weighted by atomic mass is 32.2. The van der Waals surface area contributed by atoms with E-state index in [4.69, 9.17) is 0 Å². The normalized spacial score (nSPS) is 41.1. The number of hydrogen-bond donors (Lipinski definition) is 4. The van der Waals surface area contributed by atoms with Gasteiger partial charge in [0.25, 0.3) is 10.0 Å². The minimum atomic E-state index is -3.86. The quantitative estimate of drug-likeness (QED) is 0.291. The summed E-state index contributed by atoms with van der Waals surface area (Å²) in [4.78, 5) is 13.4. The van der Waals surface area contributed by atoms with Gasteiger partial charge in [-0.05, 0) is 122 Å². The highest BCUT2D eigenvalue weighted by Gasteiger charge is 2.64. The number of thiophene rings is 1. The summed E-state index contributed by atoms with van der Waals surface area (Å²) in [5, 5.41) is 25.2. The summed E-state index contributed by atoms with van der Waals surface area (Å²) in [5.74, 6) is 2.92. The molecule has 2 amide bonds. The number of carbonyl (C=O) groups is 1. The number of carbonyl (C=O) groups excluding carboxylic acids is 1. The second-order valence-electron chi connectivity index (χ2n) is 14.3. The zero-order chi connectivity index (χ0) is 29.7. The first-order valence-electron chi connectivity index (χ1n) is 16.1. The summed E-state index contributed by atoms with van der Waals surface area (Å²) < 4.78 is 27.5. The van der Waals surface area contributed by atoms with Gasteiger partial charge in [0.2, 0.25) is 0 Å². The Balaban J connectivity index is 1.21. The number of nitrogens with one attached hydrogen (secondary N) is 2. The Bertz CT molecular complexity index is 1200. The molecule has 0 saturated heterocycles. The van der Waals surface area contributed by atoms with Crippen LogP contribution in [0, 0.1) is 52.3 Å². The molecular weight excluding hydrogens is 556 g/mol. The maximum absolute atomic E-state index is 12.6. The average molecular weight is 609 g/mol. The molecule has 0 unspecified atom stereocenters. The summed E-state index contributed by atoms with van der Waals surface area (Å²) in [7, 11) is -3.86. The Labute approximate surface area is 251 Å². The van der Waals surface area contributed by atoms with E-state index in [1.165, 1.54) is 17.8 Å². The fourth-order valence-electron chi connectivity index (χ4n) is 10.4. The Kier molecular flexibility index (Phi) is 8.95. The smallest absolute Gasteiger partial charge is 0.328 e. The van der Waals surface area contributed by atoms with E-state index in [-0.39, 0.29) is 33.2 Å². The second-order valence-corrected chi connectivity index (χ2v) is 17.4. The first kappa shape index (κ1) is 31.3. The van der Waals surface area contributed by atoms with Gasteiger partial charge in [-0.15, -0.1) is 11.3 Å². The lowest BCUT2D eigenvalue weighted by Crippen LogP contribution is -2.62. The van der Waals surface area contributed by atoms with E-state index < -0.39 is 16.1 Å². The molecule has 4 fully saturated rings. The highest BCUT2D eigenvalue weighted by molar-refractivity contribution is 7.92. The highest BCUT2D eigenvalue weighted by Crippen LogP contribution is 2.69. The van der Waals surface area contributed by atoms with Gasteiger partial charge in [-0.1, -0.05) is 41.0 Å². The van der Waals surface area contributed by atoms with Gasteiger partial charge in [0.1, 0.15) is 4.21 Å². The Morgan fingerprint density at radius 3 is 2.44 bits per heavy atom. The Hall–Kier alpha value is -1.16. The van der Waals surface area contributed by atoms with Crippen molar-refractivity contribution in [3.63, 3.8) is 0 Å². The number of rotatable bonds is 8. The SMILES string of the molecule is CCc1ccc(S(=O)(=O)NC(=O)NCC[C@@H](C)[C@H]2CC[C@H]3[C@@H]4[C@H](O)[C@H](CC)[C@@H]5C[C@H](O)CC[C@]5(C)[C@H]4CC[C@]23C)s1. The third-order valence-electron chi connectivity index (χ3n) is 12.5. The van der Waals surface area contributed by atoms with Crippen molar-refractivity contribution in [2.24, 2.45) is 52.3 Å². The van der Waals surface area contributed by atoms with Crippen LogP contribution in [-0.4, -0.2) is 43.4 Å². The maximum Gasteiger partial charge on any atom is 0.328 e. The lowest BCUT2D eigenvalue weighted by atomic mass is 9.41. The van der Waals surface area contributed by atoms with Crippen molar-refractivity contribution in [3.05, 3.63) is 17.0 Å². The molecule has 0 aromatic carbocycles. The molecule has 11 atom stereocenters. The lowest BCUT2D eigenvalue weighted by molar-refractivity contribution is -0.203. The largest absolute Gasteiger partial charge is 0.393 e. The molecule has 1 heterocycles. The zero-order valence-corrected chi connectivity index (χ0v) is 27.2. The summed E-state index contributed by atoms with van der Waals surface area (Å²) in [6.45, 7) is 11.8. The minimum absolute atomic E-state index is 0.165. The predicted molar refractivity (Wildman–Crippen MR) is 163 cm³/mol. The molecule has 0 aliphatic heterocycles. The first-order chi connectivity index (χ1) is 19.4. The van der Waals surface area contributed by atoms with Crippen LogP contribution in [-0.2, 0) is 16.4 Å². The molecule has 4 aliphatic carbocycles. The van der Waals surface area contributed by atoms with Crippen LogP contribution < -0.4 is 10.0 Å². The summed E-state index contributed by atoms with van der Waals surface area (Å²) in [6, 6.07) is 2.67. The van der Waals surface area contributed by atoms with Gasteiger partial charge >= 0.3 is 6.03 Å². The molecule has 41 heavy (non-hydrogen) atoms. The molecule has 1 aromatic heterocycles. The molecule has 1 aromatic rings. The van der Waals surface area contributed by atoms with Gasteiger partial charge in [-0.3, -0.25) is 0 Å². The van der Waals surface area contributed by atoms with Crippen LogP contribution in [0.5, 0.6) is 0 Å². The van der Waals surface area contributed by atoms with E-state index in [1.54, 1.807) is 12.1 Å². The number of sulfonamides is 1. The summed E-state index contributed by atoms with van der Waals surface area (Å²) in [6.07, 6.45) is 9.42. The van der Waals surface area contributed by atoms with E-state index in [1.807, 2.05) is 6.92 Å². The number of amides is 2. The van der Waals surface area contributed by atoms with Crippen LogP contribution in [0.25, 0.3) is 0 Å². The first-order valence-corrected chi connectivity index (χ1v) is 18.4. The third kappa shape index (κ3) is 5.51. The van der Waals surface area contributed by atoms with Crippen molar-refractivity contribution in [3.8, 4) is 0 Å². The molecule has 5 rings (SSSR count). The van der Waals surface area contributed by atoms with E-state index >= 15 is 0 Å². The third-order valence-corrected chi connectivity index (χ3v) is 15.6. The molecular formula is C32H52N2O5S2. The van der Waals surface area contributed by atoms with Gasteiger partial charge in [0, 0.05) is 11.4 Å². The average Bonchev–Trinajstić information content (AvgIpc) is 3.55. The van der Waals surface area contributed by atoms with Crippen molar-refractivity contribution in [2.75, 3.05) is 6.54 Å². The van der Waals surface area contributed by atoms with Crippen LogP contribution in [0.3, 0.4) is 0 Å². The monoisotopic (exact) mass is 608 g/mol. The number of fused-ring (bicyclic) bond motifs is 5. The van der Waals surface area contributed by atoms with Crippen molar-refractivity contribution in [1.29, 1.82) is 0 Å². The standard InChI is InChI=1S/C32H52N2O5S2/c1-6-21-8-11-27(40-21)41(38,39)34-30(37)33-17-14-19(3)23-9-10-24-28-25(13-16-31(23,24)4)32(5)15-12-20(35)18-26(32)22(7-2)29(28)36/h8,11,19-20,22-26,28-29,35-36H,6-7,9-10,12-18H2,1-5H3,(H2,33,34,37)/t19-,20-,22-,23-,24+,25+,26+,28+,29-,31-,32-/m1/s1. The minimum Gasteiger partial charge on any atom is -0.393 e. The number of urea groups is 1. The van der Waals surface area contributed by atoms with E-state index in [0.29, 0.717) is 42.1 Å². The Morgan fingerprint density at radius 1 is 1.05 bits per heavy atom. The Morgan fingerprint density at radius 2 is 1.76 bits per heavy atom. The van der Waals surface area contributed by atoms with Gasteiger partial charge in [0.15, 0.2) is 0 Å². The molecule has 0 radical (unpaired) electrons. The van der Waals surface area contributed by atoms with Gasteiger partial charge in [-0.25, -0.2) is 17.9 Å². The van der Waals surface area contributed by atoms with Crippen LogP contribution in [0.2, 0.25) is 0 Å². The van der Waals surface area contributed by atoms with Gasteiger partial charge < -0.3 is 15.5 Å². The van der Waals surface area contributed by atoms with Gasteiger partial charge in [0.05, 0.1) is 12.2 Å². The van der Waals surface area contributed by atoms with Crippen molar-refractivity contribution < 1.29 is 23.4 Å². The van der Waals surface area contributed by atoms with Crippen molar-refractivity contribution >= 4 is 27.4 Å². The molecule has 4 aliphatic rings. The maximum atomic E-state index is 12.6. The summed E-state index contributed by atoms with van der Waals surface area (Å²) in [5.41, 5.74) is 0.368. The predicted octanol–water partition coefficient (Wildman–Crippen LogP) is 5.95. The van der Waals surface area contributed by atoms with Crippen LogP contribution in [0.1, 0.15) is 97.3 Å². The second kappa shape index (κ2) is 11.7. The van der Waals surface area contributed by atoms with E-state index in [9.17, 15) is 23.4 Å². The fourth-order valence-corrected chi connectivity index (χ4v) is 12.7. The number of aryl methyl sites for hydroxylation is 1. The van der Waals surface area contributed by atoms with Crippen LogP contribution >= 0.6 is 11.3 Å². The van der Waals surface area contributed by atoms with Crippen LogP contribution in [0.4, 0.5) is 4.79 Å². The van der Waals surface area contributed by atoms with E-state index in [0.717, 1.165) is 62.7 Å². The molecule has 4 saturated carbocycles. The molecule has 7 nitrogen and oxygen atoms in total. The lowest BCUT2D eigenvalue weighted by Gasteiger charge is -2.64. The molecule has 232 valence electrons. The summed E-state index contributed by atoms with van der Waals surface area (Å²) >= 11 is 1.19. The number of aliphatic hydroxyl groups is 2. The van der Waals surface area contributed by atoms with Crippen molar-refractivity contribution in [1.82, 2.24) is 10.0 Å². The van der Waals surface area contributed by atoms with Gasteiger partial charge in [-0.2, -0.15) is 0 Å². The molecule has 4 N–H and O–H groups in total. The molecule has 0 spiro atoms. The fraction of sp³-hybridized carbons (Fsp3) is 0.844. The molecule has 0 bridgehead atoms. The number of hydrogen-bond acceptors (Lipinski definition) is 6. The van der Waals surface area contributed by atoms with Crippen molar-refractivity contribution in [2.45, 2.75) is 115 Å². The number of aliphatic hydroxyl groups excluding tert-OH is 2. The zero-order valence-electron chi connectivity index (χ0n) is 25.6. The van der Waals surface area contributed by atoms with Crippen LogP contribution in [0.15, 0.2) is 16.3 Å². The van der Waals surface area contributed by atoms with E-state index in [2.05, 4.69) is 37.7 Å². The topological polar surface area (TPSA) is 116 Å².